The first kappa shape index (κ1) is 14.9. The minimum atomic E-state index is -0.0545. The monoisotopic (exact) mass is 310 g/mol. The molecule has 0 atom stereocenters. The molecular formula is C15H16Cl2N2O. The molecule has 0 radical (unpaired) electrons. The maximum Gasteiger partial charge on any atom is 0.240 e. The fourth-order valence-corrected chi connectivity index (χ4v) is 2.21. The first-order valence-electron chi connectivity index (χ1n) is 6.18. The minimum Gasteiger partial charge on any atom is -0.437 e. The van der Waals surface area contributed by atoms with Crippen molar-refractivity contribution in [2.24, 2.45) is 0 Å². The van der Waals surface area contributed by atoms with Crippen LogP contribution in [0.1, 0.15) is 26.3 Å². The summed E-state index contributed by atoms with van der Waals surface area (Å²) in [6.45, 7) is 6.33. The van der Waals surface area contributed by atoms with E-state index in [0.717, 1.165) is 5.56 Å². The molecule has 0 aliphatic rings. The molecule has 0 saturated carbocycles. The van der Waals surface area contributed by atoms with Crippen LogP contribution in [0.5, 0.6) is 11.6 Å². The molecule has 1 aromatic carbocycles. The van der Waals surface area contributed by atoms with Gasteiger partial charge in [-0.25, -0.2) is 0 Å². The maximum absolute atomic E-state index is 6.09. The standard InChI is InChI=1S/C15H16Cl2N2O/c1-15(2,3)9-6-4-5-7-12(9)20-14-11(17)8-10(16)13(18)19-14/h4-8H,1-3H3,(H2,18,19). The summed E-state index contributed by atoms with van der Waals surface area (Å²) in [5.74, 6) is 1.15. The number of para-hydroxylation sites is 1. The number of nitrogen functional groups attached to an aromatic ring is 1. The first-order valence-corrected chi connectivity index (χ1v) is 6.93. The molecule has 0 unspecified atom stereocenters. The van der Waals surface area contributed by atoms with Gasteiger partial charge in [0.25, 0.3) is 0 Å². The second-order valence-electron chi connectivity index (χ2n) is 5.49. The minimum absolute atomic E-state index is 0.0545. The van der Waals surface area contributed by atoms with Crippen LogP contribution >= 0.6 is 23.2 Å². The average molecular weight is 311 g/mol. The van der Waals surface area contributed by atoms with Crippen LogP contribution < -0.4 is 10.5 Å². The lowest BCUT2D eigenvalue weighted by atomic mass is 9.86. The normalized spacial score (nSPS) is 11.4. The Morgan fingerprint density at radius 3 is 2.40 bits per heavy atom. The van der Waals surface area contributed by atoms with Gasteiger partial charge in [-0.15, -0.1) is 0 Å². The van der Waals surface area contributed by atoms with Gasteiger partial charge in [-0.1, -0.05) is 62.2 Å². The molecule has 2 aromatic rings. The Labute approximate surface area is 128 Å². The highest BCUT2D eigenvalue weighted by Gasteiger charge is 2.20. The third kappa shape index (κ3) is 3.17. The Balaban J connectivity index is 2.43. The second-order valence-corrected chi connectivity index (χ2v) is 6.31. The van der Waals surface area contributed by atoms with E-state index in [-0.39, 0.29) is 17.1 Å². The number of halogens is 2. The van der Waals surface area contributed by atoms with Crippen LogP contribution in [0.4, 0.5) is 5.82 Å². The predicted molar refractivity (Wildman–Crippen MR) is 83.9 cm³/mol. The topological polar surface area (TPSA) is 48.1 Å². The number of hydrogen-bond acceptors (Lipinski definition) is 3. The SMILES string of the molecule is CC(C)(C)c1ccccc1Oc1nc(N)c(Cl)cc1Cl. The third-order valence-corrected chi connectivity index (χ3v) is 3.40. The van der Waals surface area contributed by atoms with E-state index in [0.29, 0.717) is 15.8 Å². The number of anilines is 1. The van der Waals surface area contributed by atoms with Crippen LogP contribution in [0, 0.1) is 0 Å². The van der Waals surface area contributed by atoms with E-state index in [9.17, 15) is 0 Å². The van der Waals surface area contributed by atoms with Gasteiger partial charge < -0.3 is 10.5 Å². The average Bonchev–Trinajstić information content (AvgIpc) is 2.35. The molecule has 0 bridgehead atoms. The van der Waals surface area contributed by atoms with Crippen LogP contribution in [-0.4, -0.2) is 4.98 Å². The van der Waals surface area contributed by atoms with Crippen molar-refractivity contribution in [2.45, 2.75) is 26.2 Å². The van der Waals surface area contributed by atoms with Crippen LogP contribution in [-0.2, 0) is 5.41 Å². The molecule has 0 fully saturated rings. The highest BCUT2D eigenvalue weighted by atomic mass is 35.5. The van der Waals surface area contributed by atoms with Crippen LogP contribution in [0.3, 0.4) is 0 Å². The molecule has 0 amide bonds. The van der Waals surface area contributed by atoms with Crippen molar-refractivity contribution in [3.8, 4) is 11.6 Å². The zero-order valence-electron chi connectivity index (χ0n) is 11.6. The number of rotatable bonds is 2. The maximum atomic E-state index is 6.09. The smallest absolute Gasteiger partial charge is 0.240 e. The summed E-state index contributed by atoms with van der Waals surface area (Å²) in [5.41, 5.74) is 6.69. The number of benzene rings is 1. The van der Waals surface area contributed by atoms with Gasteiger partial charge in [0.15, 0.2) is 0 Å². The number of nitrogens with zero attached hydrogens (tertiary/aromatic N) is 1. The molecule has 0 aliphatic carbocycles. The highest BCUT2D eigenvalue weighted by molar-refractivity contribution is 6.36. The Morgan fingerprint density at radius 1 is 1.10 bits per heavy atom. The molecule has 1 heterocycles. The summed E-state index contributed by atoms with van der Waals surface area (Å²) in [7, 11) is 0. The second kappa shape index (κ2) is 5.51. The Kier molecular flexibility index (Phi) is 4.11. The van der Waals surface area contributed by atoms with Gasteiger partial charge in [0.05, 0.1) is 5.02 Å². The van der Waals surface area contributed by atoms with E-state index < -0.39 is 0 Å². The molecular weight excluding hydrogens is 295 g/mol. The van der Waals surface area contributed by atoms with Crippen molar-refractivity contribution in [3.63, 3.8) is 0 Å². The van der Waals surface area contributed by atoms with Crippen molar-refractivity contribution < 1.29 is 4.74 Å². The molecule has 0 saturated heterocycles. The van der Waals surface area contributed by atoms with E-state index in [1.165, 1.54) is 6.07 Å². The first-order chi connectivity index (χ1) is 9.29. The lowest BCUT2D eigenvalue weighted by molar-refractivity contribution is 0.441. The fraction of sp³-hybridized carbons (Fsp3) is 0.267. The van der Waals surface area contributed by atoms with Gasteiger partial charge in [0.2, 0.25) is 5.88 Å². The summed E-state index contributed by atoms with van der Waals surface area (Å²) in [5, 5.41) is 0.638. The summed E-state index contributed by atoms with van der Waals surface area (Å²) in [4.78, 5) is 4.08. The van der Waals surface area contributed by atoms with E-state index in [1.54, 1.807) is 0 Å². The van der Waals surface area contributed by atoms with Crippen LogP contribution in [0.2, 0.25) is 10.0 Å². The summed E-state index contributed by atoms with van der Waals surface area (Å²) in [6, 6.07) is 9.29. The van der Waals surface area contributed by atoms with Crippen molar-refractivity contribution >= 4 is 29.0 Å². The van der Waals surface area contributed by atoms with Crippen molar-refractivity contribution in [1.29, 1.82) is 0 Å². The zero-order valence-corrected chi connectivity index (χ0v) is 13.1. The molecule has 2 rings (SSSR count). The van der Waals surface area contributed by atoms with Crippen LogP contribution in [0.15, 0.2) is 30.3 Å². The summed E-state index contributed by atoms with van der Waals surface area (Å²) in [6.07, 6.45) is 0. The van der Waals surface area contributed by atoms with Gasteiger partial charge in [-0.2, -0.15) is 4.98 Å². The Morgan fingerprint density at radius 2 is 1.75 bits per heavy atom. The van der Waals surface area contributed by atoms with E-state index >= 15 is 0 Å². The largest absolute Gasteiger partial charge is 0.437 e. The summed E-state index contributed by atoms with van der Waals surface area (Å²) < 4.78 is 5.82. The number of ether oxygens (including phenoxy) is 1. The quantitative estimate of drug-likeness (QED) is 0.843. The molecule has 106 valence electrons. The molecule has 0 spiro atoms. The summed E-state index contributed by atoms with van der Waals surface area (Å²) >= 11 is 12.0. The molecule has 0 aliphatic heterocycles. The van der Waals surface area contributed by atoms with Crippen LogP contribution in [0.25, 0.3) is 0 Å². The van der Waals surface area contributed by atoms with E-state index in [4.69, 9.17) is 33.7 Å². The van der Waals surface area contributed by atoms with Gasteiger partial charge in [0, 0.05) is 5.56 Å². The molecule has 3 nitrogen and oxygen atoms in total. The number of hydrogen-bond donors (Lipinski definition) is 1. The molecule has 20 heavy (non-hydrogen) atoms. The number of aromatic nitrogens is 1. The van der Waals surface area contributed by atoms with E-state index in [1.807, 2.05) is 24.3 Å². The van der Waals surface area contributed by atoms with Gasteiger partial charge in [-0.05, 0) is 17.5 Å². The zero-order chi connectivity index (χ0) is 14.9. The van der Waals surface area contributed by atoms with E-state index in [2.05, 4.69) is 25.8 Å². The fourth-order valence-electron chi connectivity index (χ4n) is 1.81. The lowest BCUT2D eigenvalue weighted by Crippen LogP contribution is -2.12. The van der Waals surface area contributed by atoms with Gasteiger partial charge in [-0.3, -0.25) is 0 Å². The van der Waals surface area contributed by atoms with Crippen molar-refractivity contribution in [1.82, 2.24) is 4.98 Å². The molecule has 5 heteroatoms. The van der Waals surface area contributed by atoms with Crippen molar-refractivity contribution in [3.05, 3.63) is 45.9 Å². The molecule has 1 aromatic heterocycles. The highest BCUT2D eigenvalue weighted by Crippen LogP contribution is 2.37. The Hall–Kier alpha value is -1.45. The number of nitrogens with two attached hydrogens (primary N) is 1. The number of pyridine rings is 1. The van der Waals surface area contributed by atoms with Gasteiger partial charge in [0.1, 0.15) is 16.6 Å². The predicted octanol–water partition coefficient (Wildman–Crippen LogP) is 5.06. The van der Waals surface area contributed by atoms with Crippen molar-refractivity contribution in [2.75, 3.05) is 5.73 Å². The van der Waals surface area contributed by atoms with Gasteiger partial charge >= 0.3 is 0 Å². The Bertz CT molecular complexity index is 636. The lowest BCUT2D eigenvalue weighted by Gasteiger charge is -2.22. The third-order valence-electron chi connectivity index (χ3n) is 2.83. The molecule has 2 N–H and O–H groups in total.